The lowest BCUT2D eigenvalue weighted by Gasteiger charge is -2.24. The third-order valence-corrected chi connectivity index (χ3v) is 5.22. The third-order valence-electron chi connectivity index (χ3n) is 5.22. The molecule has 3 rings (SSSR count). The molecule has 0 saturated carbocycles. The first kappa shape index (κ1) is 20.7. The van der Waals surface area contributed by atoms with Crippen molar-refractivity contribution in [1.82, 2.24) is 4.90 Å². The van der Waals surface area contributed by atoms with Gasteiger partial charge in [0.05, 0.1) is 19.9 Å². The summed E-state index contributed by atoms with van der Waals surface area (Å²) in [5.41, 5.74) is 1.64. The lowest BCUT2D eigenvalue weighted by atomic mass is 9.98. The van der Waals surface area contributed by atoms with E-state index in [0.29, 0.717) is 23.7 Å². The molecule has 1 unspecified atom stereocenters. The van der Waals surface area contributed by atoms with Crippen LogP contribution in [0, 0.1) is 5.92 Å². The number of ether oxygens (including phenoxy) is 2. The van der Waals surface area contributed by atoms with Gasteiger partial charge in [-0.05, 0) is 30.5 Å². The lowest BCUT2D eigenvalue weighted by molar-refractivity contribution is -0.137. The maximum absolute atomic E-state index is 13.1. The fourth-order valence-corrected chi connectivity index (χ4v) is 3.67. The number of hydrogen-bond acceptors (Lipinski definition) is 4. The number of nitrogens with one attached hydrogen (secondary N) is 1. The minimum atomic E-state index is -0.308. The number of likely N-dealkylation sites (tertiary alicyclic amines) is 1. The first-order chi connectivity index (χ1) is 14.1. The number of hydrogen-bond donors (Lipinski definition) is 1. The Bertz CT molecular complexity index is 838. The van der Waals surface area contributed by atoms with Gasteiger partial charge in [0.25, 0.3) is 0 Å². The average molecular weight is 396 g/mol. The number of benzene rings is 2. The predicted molar refractivity (Wildman–Crippen MR) is 112 cm³/mol. The zero-order chi connectivity index (χ0) is 20.6. The first-order valence-electron chi connectivity index (χ1n) is 9.95. The standard InChI is InChI=1S/C23H28N2O4/c1-28-19-11-12-21(29-2)20(15-19)24-22(26)14-18-10-6-7-13-25(23(18)27)16-17-8-4-3-5-9-17/h3-5,8-9,11-12,15,18H,6-7,10,13-14,16H2,1-2H3,(H,24,26). The molecule has 1 aliphatic heterocycles. The molecule has 154 valence electrons. The van der Waals surface area contributed by atoms with Crippen molar-refractivity contribution in [3.63, 3.8) is 0 Å². The average Bonchev–Trinajstić information content (AvgIpc) is 2.90. The maximum Gasteiger partial charge on any atom is 0.226 e. The van der Waals surface area contributed by atoms with E-state index in [2.05, 4.69) is 5.32 Å². The van der Waals surface area contributed by atoms with Crippen molar-refractivity contribution >= 4 is 17.5 Å². The molecule has 1 fully saturated rings. The van der Waals surface area contributed by atoms with E-state index < -0.39 is 0 Å². The molecule has 0 spiro atoms. The SMILES string of the molecule is COc1ccc(OC)c(NC(=O)CC2CCCCN(Cc3ccccc3)C2=O)c1. The molecule has 2 amide bonds. The molecule has 0 radical (unpaired) electrons. The van der Waals surface area contributed by atoms with Crippen LogP contribution in [-0.2, 0) is 16.1 Å². The number of methoxy groups -OCH3 is 2. The smallest absolute Gasteiger partial charge is 0.226 e. The highest BCUT2D eigenvalue weighted by atomic mass is 16.5. The minimum absolute atomic E-state index is 0.0547. The van der Waals surface area contributed by atoms with Crippen molar-refractivity contribution in [1.29, 1.82) is 0 Å². The summed E-state index contributed by atoms with van der Waals surface area (Å²) in [6.45, 7) is 1.32. The topological polar surface area (TPSA) is 67.9 Å². The maximum atomic E-state index is 13.1. The lowest BCUT2D eigenvalue weighted by Crippen LogP contribution is -2.36. The Labute approximate surface area is 171 Å². The summed E-state index contributed by atoms with van der Waals surface area (Å²) in [6, 6.07) is 15.2. The Morgan fingerprint density at radius 3 is 2.62 bits per heavy atom. The van der Waals surface area contributed by atoms with Gasteiger partial charge in [-0.3, -0.25) is 9.59 Å². The Morgan fingerprint density at radius 1 is 1.10 bits per heavy atom. The van der Waals surface area contributed by atoms with E-state index in [1.54, 1.807) is 32.4 Å². The van der Waals surface area contributed by atoms with Gasteiger partial charge < -0.3 is 19.7 Å². The Hall–Kier alpha value is -3.02. The molecule has 6 nitrogen and oxygen atoms in total. The van der Waals surface area contributed by atoms with Gasteiger partial charge in [0.2, 0.25) is 11.8 Å². The van der Waals surface area contributed by atoms with Gasteiger partial charge in [-0.2, -0.15) is 0 Å². The highest BCUT2D eigenvalue weighted by molar-refractivity contribution is 5.95. The molecule has 0 aromatic heterocycles. The van der Waals surface area contributed by atoms with Crippen molar-refractivity contribution in [2.45, 2.75) is 32.2 Å². The van der Waals surface area contributed by atoms with Crippen LogP contribution in [0.2, 0.25) is 0 Å². The molecule has 6 heteroatoms. The fourth-order valence-electron chi connectivity index (χ4n) is 3.67. The highest BCUT2D eigenvalue weighted by Crippen LogP contribution is 2.30. The number of rotatable bonds is 7. The number of amides is 2. The van der Waals surface area contributed by atoms with Gasteiger partial charge in [-0.25, -0.2) is 0 Å². The van der Waals surface area contributed by atoms with Crippen LogP contribution >= 0.6 is 0 Å². The van der Waals surface area contributed by atoms with Crippen LogP contribution in [-0.4, -0.2) is 37.5 Å². The molecule has 1 heterocycles. The van der Waals surface area contributed by atoms with Gasteiger partial charge >= 0.3 is 0 Å². The molecular weight excluding hydrogens is 368 g/mol. The summed E-state index contributed by atoms with van der Waals surface area (Å²) < 4.78 is 10.5. The van der Waals surface area contributed by atoms with E-state index in [9.17, 15) is 9.59 Å². The second kappa shape index (κ2) is 9.96. The molecule has 0 aliphatic carbocycles. The van der Waals surface area contributed by atoms with E-state index in [-0.39, 0.29) is 24.2 Å². The second-order valence-corrected chi connectivity index (χ2v) is 7.26. The Morgan fingerprint density at radius 2 is 1.90 bits per heavy atom. The summed E-state index contributed by atoms with van der Waals surface area (Å²) in [6.07, 6.45) is 2.79. The van der Waals surface area contributed by atoms with Crippen LogP contribution in [0.5, 0.6) is 11.5 Å². The zero-order valence-electron chi connectivity index (χ0n) is 17.0. The summed E-state index contributed by atoms with van der Waals surface area (Å²) in [4.78, 5) is 27.6. The number of nitrogens with zero attached hydrogens (tertiary/aromatic N) is 1. The molecule has 1 aliphatic rings. The number of anilines is 1. The molecule has 1 N–H and O–H groups in total. The van der Waals surface area contributed by atoms with Gasteiger partial charge in [0.1, 0.15) is 11.5 Å². The monoisotopic (exact) mass is 396 g/mol. The second-order valence-electron chi connectivity index (χ2n) is 7.26. The summed E-state index contributed by atoms with van der Waals surface area (Å²) >= 11 is 0. The molecule has 2 aromatic rings. The van der Waals surface area contributed by atoms with E-state index in [1.165, 1.54) is 0 Å². The van der Waals surface area contributed by atoms with Gasteiger partial charge in [0, 0.05) is 31.5 Å². The normalized spacial score (nSPS) is 16.8. The predicted octanol–water partition coefficient (Wildman–Crippen LogP) is 3.86. The zero-order valence-corrected chi connectivity index (χ0v) is 17.0. The van der Waals surface area contributed by atoms with Crippen LogP contribution in [0.1, 0.15) is 31.2 Å². The quantitative estimate of drug-likeness (QED) is 0.772. The van der Waals surface area contributed by atoms with Crippen LogP contribution in [0.15, 0.2) is 48.5 Å². The summed E-state index contributed by atoms with van der Waals surface area (Å²) in [5, 5.41) is 2.87. The largest absolute Gasteiger partial charge is 0.497 e. The number of carbonyl (C=O) groups excluding carboxylic acids is 2. The van der Waals surface area contributed by atoms with Crippen LogP contribution in [0.4, 0.5) is 5.69 Å². The molecular formula is C23H28N2O4. The molecule has 0 bridgehead atoms. The van der Waals surface area contributed by atoms with Crippen molar-refractivity contribution in [3.8, 4) is 11.5 Å². The van der Waals surface area contributed by atoms with Crippen LogP contribution in [0.3, 0.4) is 0 Å². The minimum Gasteiger partial charge on any atom is -0.497 e. The van der Waals surface area contributed by atoms with E-state index in [4.69, 9.17) is 9.47 Å². The van der Waals surface area contributed by atoms with E-state index in [1.807, 2.05) is 35.2 Å². The van der Waals surface area contributed by atoms with Gasteiger partial charge in [0.15, 0.2) is 0 Å². The Kier molecular flexibility index (Phi) is 7.11. The van der Waals surface area contributed by atoms with Crippen LogP contribution < -0.4 is 14.8 Å². The van der Waals surface area contributed by atoms with Crippen molar-refractivity contribution < 1.29 is 19.1 Å². The van der Waals surface area contributed by atoms with E-state index in [0.717, 1.165) is 31.4 Å². The van der Waals surface area contributed by atoms with Gasteiger partial charge in [-0.1, -0.05) is 36.8 Å². The van der Waals surface area contributed by atoms with Crippen LogP contribution in [0.25, 0.3) is 0 Å². The molecule has 1 saturated heterocycles. The number of carbonyl (C=O) groups is 2. The van der Waals surface area contributed by atoms with Crippen molar-refractivity contribution in [3.05, 3.63) is 54.1 Å². The summed E-state index contributed by atoms with van der Waals surface area (Å²) in [5.74, 6) is 0.728. The fraction of sp³-hybridized carbons (Fsp3) is 0.391. The molecule has 2 aromatic carbocycles. The van der Waals surface area contributed by atoms with E-state index >= 15 is 0 Å². The van der Waals surface area contributed by atoms with Crippen molar-refractivity contribution in [2.75, 3.05) is 26.1 Å². The Balaban J connectivity index is 1.66. The summed E-state index contributed by atoms with van der Waals surface area (Å²) in [7, 11) is 3.12. The van der Waals surface area contributed by atoms with Crippen molar-refractivity contribution in [2.24, 2.45) is 5.92 Å². The van der Waals surface area contributed by atoms with Gasteiger partial charge in [-0.15, -0.1) is 0 Å². The first-order valence-corrected chi connectivity index (χ1v) is 9.95. The molecule has 1 atom stereocenters. The third kappa shape index (κ3) is 5.50. The highest BCUT2D eigenvalue weighted by Gasteiger charge is 2.29. The molecule has 29 heavy (non-hydrogen) atoms.